The predicted molar refractivity (Wildman–Crippen MR) is 121 cm³/mol. The molecule has 2 aliphatic carbocycles. The Bertz CT molecular complexity index is 1250. The molecule has 2 saturated carbocycles. The van der Waals surface area contributed by atoms with Gasteiger partial charge in [-0.05, 0) is 56.7 Å². The minimum Gasteiger partial charge on any atom is -0.390 e. The number of likely N-dealkylation sites (N-methyl/N-ethyl adjacent to an activating group) is 1. The molecule has 3 heterocycles. The molecule has 3 aromatic rings. The second kappa shape index (κ2) is 6.59. The summed E-state index contributed by atoms with van der Waals surface area (Å²) in [5, 5.41) is 14.1. The molecule has 3 aliphatic rings. The third-order valence-corrected chi connectivity index (χ3v) is 7.44. The second-order valence-corrected chi connectivity index (χ2v) is 9.40. The fourth-order valence-electron chi connectivity index (χ4n) is 5.59. The molecule has 2 fully saturated rings. The van der Waals surface area contributed by atoms with Crippen LogP contribution in [0, 0.1) is 6.92 Å². The number of rotatable bonds is 3. The summed E-state index contributed by atoms with van der Waals surface area (Å²) < 4.78 is 0. The van der Waals surface area contributed by atoms with Gasteiger partial charge in [0, 0.05) is 30.7 Å². The first-order chi connectivity index (χ1) is 15.4. The van der Waals surface area contributed by atoms with Crippen molar-refractivity contribution < 1.29 is 9.90 Å². The van der Waals surface area contributed by atoms with Gasteiger partial charge < -0.3 is 20.2 Å². The molecule has 0 spiro atoms. The third-order valence-electron chi connectivity index (χ3n) is 7.44. The van der Waals surface area contributed by atoms with Gasteiger partial charge in [0.1, 0.15) is 5.69 Å². The van der Waals surface area contributed by atoms with Crippen molar-refractivity contribution in [3.63, 3.8) is 0 Å². The number of amides is 1. The molecule has 9 heteroatoms. The third kappa shape index (κ3) is 2.84. The number of aliphatic hydroxyl groups is 1. The zero-order valence-electron chi connectivity index (χ0n) is 18.2. The number of hydrogen-bond acceptors (Lipinski definition) is 8. The molecule has 32 heavy (non-hydrogen) atoms. The molecule has 1 amide bonds. The molecule has 6 rings (SSSR count). The van der Waals surface area contributed by atoms with Gasteiger partial charge in [0.2, 0.25) is 11.9 Å². The van der Waals surface area contributed by atoms with E-state index >= 15 is 0 Å². The smallest absolute Gasteiger partial charge is 0.246 e. The number of anilines is 4. The van der Waals surface area contributed by atoms with E-state index in [9.17, 15) is 9.90 Å². The molecule has 164 valence electrons. The second-order valence-electron chi connectivity index (χ2n) is 9.40. The van der Waals surface area contributed by atoms with Crippen molar-refractivity contribution >= 4 is 40.1 Å². The number of nitrogens with one attached hydrogen (secondary N) is 1. The Balaban J connectivity index is 1.40. The lowest BCUT2D eigenvalue weighted by molar-refractivity contribution is -0.117. The van der Waals surface area contributed by atoms with E-state index in [1.807, 2.05) is 19.1 Å². The van der Waals surface area contributed by atoms with E-state index in [0.29, 0.717) is 18.1 Å². The highest BCUT2D eigenvalue weighted by Gasteiger charge is 2.58. The van der Waals surface area contributed by atoms with Crippen molar-refractivity contribution in [2.75, 3.05) is 28.7 Å². The van der Waals surface area contributed by atoms with Crippen molar-refractivity contribution in [1.29, 1.82) is 0 Å². The quantitative estimate of drug-likeness (QED) is 0.652. The van der Waals surface area contributed by atoms with Crippen LogP contribution >= 0.6 is 0 Å². The summed E-state index contributed by atoms with van der Waals surface area (Å²) in [6.07, 6.45) is 9.03. The van der Waals surface area contributed by atoms with Gasteiger partial charge in [0.25, 0.3) is 0 Å². The van der Waals surface area contributed by atoms with Crippen molar-refractivity contribution in [3.8, 4) is 0 Å². The molecule has 2 bridgehead atoms. The maximum atomic E-state index is 12.8. The van der Waals surface area contributed by atoms with Gasteiger partial charge in [-0.1, -0.05) is 0 Å². The predicted octanol–water partition coefficient (Wildman–Crippen LogP) is 2.70. The fraction of sp³-hybridized carbons (Fsp3) is 0.435. The highest BCUT2D eigenvalue weighted by Crippen LogP contribution is 2.55. The largest absolute Gasteiger partial charge is 0.390 e. The Labute approximate surface area is 185 Å². The number of benzene rings is 1. The van der Waals surface area contributed by atoms with Crippen LogP contribution < -0.4 is 15.1 Å². The molecule has 9 nitrogen and oxygen atoms in total. The molecule has 1 aliphatic heterocycles. The number of nitrogens with zero attached hydrogens (tertiary/aromatic N) is 6. The normalized spacial score (nSPS) is 26.7. The minimum atomic E-state index is -0.607. The first-order valence-corrected chi connectivity index (χ1v) is 11.0. The highest BCUT2D eigenvalue weighted by molar-refractivity contribution is 6.02. The van der Waals surface area contributed by atoms with Crippen molar-refractivity contribution in [1.82, 2.24) is 19.9 Å². The van der Waals surface area contributed by atoms with Crippen LogP contribution in [0.2, 0.25) is 0 Å². The maximum absolute atomic E-state index is 12.8. The van der Waals surface area contributed by atoms with E-state index in [1.165, 1.54) is 0 Å². The Morgan fingerprint density at radius 2 is 1.78 bits per heavy atom. The van der Waals surface area contributed by atoms with Crippen LogP contribution in [0.1, 0.15) is 37.7 Å². The van der Waals surface area contributed by atoms with Crippen LogP contribution in [-0.4, -0.2) is 55.7 Å². The fourth-order valence-corrected chi connectivity index (χ4v) is 5.59. The number of fused-ring (bicyclic) bond motifs is 4. The van der Waals surface area contributed by atoms with Crippen molar-refractivity contribution in [2.45, 2.75) is 50.2 Å². The van der Waals surface area contributed by atoms with Crippen LogP contribution in [-0.2, 0) is 4.79 Å². The van der Waals surface area contributed by atoms with Crippen LogP contribution in [0.25, 0.3) is 11.0 Å². The first kappa shape index (κ1) is 19.4. The summed E-state index contributed by atoms with van der Waals surface area (Å²) in [6.45, 7) is 2.27. The Hall–Kier alpha value is -3.33. The summed E-state index contributed by atoms with van der Waals surface area (Å²) in [5.41, 5.74) is 3.37. The van der Waals surface area contributed by atoms with E-state index in [0.717, 1.165) is 53.8 Å². The topological polar surface area (TPSA) is 107 Å². The van der Waals surface area contributed by atoms with Crippen molar-refractivity contribution in [2.24, 2.45) is 0 Å². The number of aromatic nitrogens is 4. The van der Waals surface area contributed by atoms with E-state index in [1.54, 1.807) is 30.5 Å². The first-order valence-electron chi connectivity index (χ1n) is 11.0. The average molecular weight is 432 g/mol. The number of hydrogen-bond donors (Lipinski definition) is 2. The monoisotopic (exact) mass is 431 g/mol. The highest BCUT2D eigenvalue weighted by atomic mass is 16.3. The summed E-state index contributed by atoms with van der Waals surface area (Å²) in [7, 11) is 1.76. The number of carbonyl (C=O) groups is 1. The summed E-state index contributed by atoms with van der Waals surface area (Å²) >= 11 is 0. The van der Waals surface area contributed by atoms with Crippen LogP contribution in [0.3, 0.4) is 0 Å². The lowest BCUT2D eigenvalue weighted by atomic mass is 9.90. The molecule has 0 saturated heterocycles. The Morgan fingerprint density at radius 3 is 2.47 bits per heavy atom. The zero-order valence-corrected chi connectivity index (χ0v) is 18.2. The van der Waals surface area contributed by atoms with Gasteiger partial charge in [-0.3, -0.25) is 14.8 Å². The lowest BCUT2D eigenvalue weighted by Crippen LogP contribution is -2.54. The van der Waals surface area contributed by atoms with Crippen LogP contribution in [0.5, 0.6) is 0 Å². The van der Waals surface area contributed by atoms with Gasteiger partial charge in [-0.15, -0.1) is 0 Å². The van der Waals surface area contributed by atoms with Crippen LogP contribution in [0.15, 0.2) is 30.7 Å². The Morgan fingerprint density at radius 1 is 1.06 bits per heavy atom. The van der Waals surface area contributed by atoms with Gasteiger partial charge in [-0.2, -0.15) is 4.98 Å². The lowest BCUT2D eigenvalue weighted by Gasteiger charge is -2.45. The molecule has 2 aromatic heterocycles. The molecule has 0 unspecified atom stereocenters. The van der Waals surface area contributed by atoms with E-state index < -0.39 is 5.60 Å². The van der Waals surface area contributed by atoms with Crippen LogP contribution in [0.4, 0.5) is 23.1 Å². The molecular formula is C23H25N7O2. The SMILES string of the molecule is Cc1cc2nccnc2cc1Nc1ncc2c(n1)N(C13CCC(O)(CC1)C3)CC(=O)N2C. The Kier molecular flexibility index (Phi) is 3.98. The average Bonchev–Trinajstić information content (AvgIpc) is 3.31. The van der Waals surface area contributed by atoms with Gasteiger partial charge in [-0.25, -0.2) is 4.98 Å². The summed E-state index contributed by atoms with van der Waals surface area (Å²) in [6, 6.07) is 3.93. The zero-order chi connectivity index (χ0) is 22.1. The minimum absolute atomic E-state index is 0.0162. The van der Waals surface area contributed by atoms with E-state index in [4.69, 9.17) is 4.98 Å². The standard InChI is InChI=1S/C23H25N7O2/c1-14-9-16-17(25-8-7-24-16)10-15(14)27-21-26-11-18-20(28-21)30(12-19(31)29(18)2)22-3-5-23(32,13-22)6-4-22/h7-11,32H,3-6,12-13H2,1-2H3,(H,26,27,28). The van der Waals surface area contributed by atoms with Crippen molar-refractivity contribution in [3.05, 3.63) is 36.3 Å². The van der Waals surface area contributed by atoms with Gasteiger partial charge >= 0.3 is 0 Å². The number of carbonyl (C=O) groups excluding carboxylic acids is 1. The van der Waals surface area contributed by atoms with E-state index in [-0.39, 0.29) is 18.0 Å². The van der Waals surface area contributed by atoms with Gasteiger partial charge in [0.15, 0.2) is 5.82 Å². The molecular weight excluding hydrogens is 406 g/mol. The molecule has 0 atom stereocenters. The molecule has 1 aromatic carbocycles. The summed E-state index contributed by atoms with van der Waals surface area (Å²) in [4.78, 5) is 34.6. The van der Waals surface area contributed by atoms with Gasteiger partial charge in [0.05, 0.1) is 29.4 Å². The summed E-state index contributed by atoms with van der Waals surface area (Å²) in [5.74, 6) is 1.22. The van der Waals surface area contributed by atoms with E-state index in [2.05, 4.69) is 25.2 Å². The molecule has 2 N–H and O–H groups in total. The number of aryl methyl sites for hydroxylation is 1. The molecule has 0 radical (unpaired) electrons. The maximum Gasteiger partial charge on any atom is 0.246 e.